The van der Waals surface area contributed by atoms with Crippen LogP contribution in [0.1, 0.15) is 41.0 Å². The number of nitrogens with zero attached hydrogens (tertiary/aromatic N) is 1. The highest BCUT2D eigenvalue weighted by Crippen LogP contribution is 2.17. The molecule has 2 aromatic rings. The monoisotopic (exact) mass is 256 g/mol. The van der Waals surface area contributed by atoms with Gasteiger partial charge >= 0.3 is 0 Å². The van der Waals surface area contributed by atoms with Crippen molar-refractivity contribution in [3.05, 3.63) is 59.4 Å². The fourth-order valence-corrected chi connectivity index (χ4v) is 2.15. The van der Waals surface area contributed by atoms with Crippen molar-refractivity contribution in [3.8, 4) is 0 Å². The van der Waals surface area contributed by atoms with Crippen LogP contribution in [0.2, 0.25) is 0 Å². The minimum Gasteiger partial charge on any atom is -0.347 e. The Morgan fingerprint density at radius 1 is 1.26 bits per heavy atom. The van der Waals surface area contributed by atoms with Gasteiger partial charge in [0.15, 0.2) is 0 Å². The van der Waals surface area contributed by atoms with Crippen LogP contribution in [0.25, 0.3) is 0 Å². The molecule has 0 radical (unpaired) electrons. The van der Waals surface area contributed by atoms with Gasteiger partial charge in [-0.05, 0) is 31.0 Å². The number of benzene rings is 1. The number of aromatic nitrogens is 1. The Kier molecular flexibility index (Phi) is 4.05. The van der Waals surface area contributed by atoms with Gasteiger partial charge in [0.2, 0.25) is 0 Å². The molecule has 100 valence electrons. The first-order chi connectivity index (χ1) is 9.11. The first-order valence-corrected chi connectivity index (χ1v) is 6.60. The van der Waals surface area contributed by atoms with Gasteiger partial charge in [-0.2, -0.15) is 0 Å². The molecule has 0 bridgehead atoms. The normalized spacial score (nSPS) is 12.2. The largest absolute Gasteiger partial charge is 0.347 e. The van der Waals surface area contributed by atoms with Crippen LogP contribution in [0, 0.1) is 6.92 Å². The summed E-state index contributed by atoms with van der Waals surface area (Å²) in [6, 6.07) is 12.1. The van der Waals surface area contributed by atoms with E-state index in [1.165, 1.54) is 5.56 Å². The summed E-state index contributed by atoms with van der Waals surface area (Å²) in [6.45, 7) is 4.14. The maximum atomic E-state index is 12.2. The quantitative estimate of drug-likeness (QED) is 0.895. The van der Waals surface area contributed by atoms with Crippen molar-refractivity contribution in [2.24, 2.45) is 7.05 Å². The van der Waals surface area contributed by atoms with E-state index in [4.69, 9.17) is 0 Å². The average Bonchev–Trinajstić information content (AvgIpc) is 2.83. The Morgan fingerprint density at radius 2 is 1.95 bits per heavy atom. The Labute approximate surface area is 114 Å². The van der Waals surface area contributed by atoms with Crippen LogP contribution in [-0.2, 0) is 7.05 Å². The Morgan fingerprint density at radius 3 is 2.47 bits per heavy atom. The van der Waals surface area contributed by atoms with Gasteiger partial charge in [-0.25, -0.2) is 0 Å². The van der Waals surface area contributed by atoms with Crippen LogP contribution >= 0.6 is 0 Å². The van der Waals surface area contributed by atoms with Gasteiger partial charge < -0.3 is 9.88 Å². The molecule has 3 nitrogen and oxygen atoms in total. The van der Waals surface area contributed by atoms with E-state index in [1.807, 2.05) is 29.9 Å². The lowest BCUT2D eigenvalue weighted by Gasteiger charge is -2.18. The van der Waals surface area contributed by atoms with E-state index in [-0.39, 0.29) is 11.9 Å². The fraction of sp³-hybridized carbons (Fsp3) is 0.312. The molecule has 3 heteroatoms. The summed E-state index contributed by atoms with van der Waals surface area (Å²) in [5.74, 6) is -0.0278. The number of hydrogen-bond acceptors (Lipinski definition) is 1. The highest BCUT2D eigenvalue weighted by Gasteiger charge is 2.15. The lowest BCUT2D eigenvalue weighted by atomic mass is 10.0. The Bertz CT molecular complexity index is 554. The summed E-state index contributed by atoms with van der Waals surface area (Å²) in [6.07, 6.45) is 2.75. The molecule has 1 aromatic heterocycles. The number of carbonyl (C=O) groups is 1. The molecular formula is C16H20N2O. The molecule has 0 aliphatic heterocycles. The Balaban J connectivity index is 2.13. The van der Waals surface area contributed by atoms with E-state index in [9.17, 15) is 4.79 Å². The van der Waals surface area contributed by atoms with Crippen molar-refractivity contribution in [1.29, 1.82) is 0 Å². The zero-order valence-electron chi connectivity index (χ0n) is 11.7. The molecule has 0 aliphatic rings. The number of carbonyl (C=O) groups excluding carboxylic acids is 1. The minimum atomic E-state index is -0.0278. The molecule has 0 saturated carbocycles. The molecule has 0 spiro atoms. The molecule has 19 heavy (non-hydrogen) atoms. The van der Waals surface area contributed by atoms with Crippen molar-refractivity contribution < 1.29 is 4.79 Å². The lowest BCUT2D eigenvalue weighted by molar-refractivity contribution is 0.0927. The molecule has 1 atom stereocenters. The summed E-state index contributed by atoms with van der Waals surface area (Å²) in [5.41, 5.74) is 3.06. The molecule has 1 N–H and O–H groups in total. The van der Waals surface area contributed by atoms with Crippen molar-refractivity contribution in [3.63, 3.8) is 0 Å². The molecule has 0 fully saturated rings. The molecular weight excluding hydrogens is 236 g/mol. The van der Waals surface area contributed by atoms with Crippen molar-refractivity contribution in [2.45, 2.75) is 26.3 Å². The van der Waals surface area contributed by atoms with E-state index in [0.29, 0.717) is 5.69 Å². The summed E-state index contributed by atoms with van der Waals surface area (Å²) in [5, 5.41) is 3.09. The van der Waals surface area contributed by atoms with Gasteiger partial charge in [0.05, 0.1) is 6.04 Å². The van der Waals surface area contributed by atoms with Crippen LogP contribution in [0.4, 0.5) is 0 Å². The van der Waals surface area contributed by atoms with Crippen LogP contribution in [0.5, 0.6) is 0 Å². The van der Waals surface area contributed by atoms with E-state index < -0.39 is 0 Å². The third-order valence-electron chi connectivity index (χ3n) is 3.37. The molecule has 0 aliphatic carbocycles. The van der Waals surface area contributed by atoms with E-state index in [1.54, 1.807) is 0 Å². The van der Waals surface area contributed by atoms with Crippen LogP contribution in [-0.4, -0.2) is 10.5 Å². The predicted octanol–water partition coefficient (Wildman–Crippen LogP) is 3.21. The third-order valence-corrected chi connectivity index (χ3v) is 3.37. The maximum absolute atomic E-state index is 12.2. The van der Waals surface area contributed by atoms with Crippen LogP contribution in [0.15, 0.2) is 42.6 Å². The van der Waals surface area contributed by atoms with Crippen molar-refractivity contribution in [1.82, 2.24) is 9.88 Å². The topological polar surface area (TPSA) is 34.0 Å². The van der Waals surface area contributed by atoms with Gasteiger partial charge in [0.1, 0.15) is 5.69 Å². The standard InChI is InChI=1S/C16H20N2O/c1-4-14(13-9-7-12(2)8-10-13)17-16(19)15-6-5-11-18(15)3/h5-11,14H,4H2,1-3H3,(H,17,19). The summed E-state index contributed by atoms with van der Waals surface area (Å²) in [4.78, 5) is 12.2. The number of nitrogens with one attached hydrogen (secondary N) is 1. The molecule has 1 aromatic carbocycles. The highest BCUT2D eigenvalue weighted by atomic mass is 16.2. The summed E-state index contributed by atoms with van der Waals surface area (Å²) >= 11 is 0. The highest BCUT2D eigenvalue weighted by molar-refractivity contribution is 5.92. The molecule has 0 saturated heterocycles. The minimum absolute atomic E-state index is 0.0278. The van der Waals surface area contributed by atoms with E-state index >= 15 is 0 Å². The number of hydrogen-bond donors (Lipinski definition) is 1. The van der Waals surface area contributed by atoms with Gasteiger partial charge in [-0.1, -0.05) is 36.8 Å². The first-order valence-electron chi connectivity index (χ1n) is 6.60. The molecule has 1 heterocycles. The number of amides is 1. The predicted molar refractivity (Wildman–Crippen MR) is 77.1 cm³/mol. The van der Waals surface area contributed by atoms with Crippen LogP contribution < -0.4 is 5.32 Å². The Hall–Kier alpha value is -2.03. The van der Waals surface area contributed by atoms with Crippen molar-refractivity contribution in [2.75, 3.05) is 0 Å². The van der Waals surface area contributed by atoms with E-state index in [0.717, 1.165) is 12.0 Å². The first kappa shape index (κ1) is 13.4. The fourth-order valence-electron chi connectivity index (χ4n) is 2.15. The zero-order chi connectivity index (χ0) is 13.8. The zero-order valence-corrected chi connectivity index (χ0v) is 11.7. The van der Waals surface area contributed by atoms with Gasteiger partial charge in [0, 0.05) is 13.2 Å². The van der Waals surface area contributed by atoms with Gasteiger partial charge in [0.25, 0.3) is 5.91 Å². The number of aryl methyl sites for hydroxylation is 2. The molecule has 1 amide bonds. The number of rotatable bonds is 4. The maximum Gasteiger partial charge on any atom is 0.268 e. The SMILES string of the molecule is CCC(NC(=O)c1cccn1C)c1ccc(C)cc1. The smallest absolute Gasteiger partial charge is 0.268 e. The van der Waals surface area contributed by atoms with E-state index in [2.05, 4.69) is 43.4 Å². The summed E-state index contributed by atoms with van der Waals surface area (Å²) < 4.78 is 1.83. The van der Waals surface area contributed by atoms with Gasteiger partial charge in [-0.15, -0.1) is 0 Å². The van der Waals surface area contributed by atoms with Crippen LogP contribution in [0.3, 0.4) is 0 Å². The second kappa shape index (κ2) is 5.74. The molecule has 2 rings (SSSR count). The van der Waals surface area contributed by atoms with Crippen molar-refractivity contribution >= 4 is 5.91 Å². The summed E-state index contributed by atoms with van der Waals surface area (Å²) in [7, 11) is 1.88. The van der Waals surface area contributed by atoms with Gasteiger partial charge in [-0.3, -0.25) is 4.79 Å². The molecule has 1 unspecified atom stereocenters. The third kappa shape index (κ3) is 3.05. The second-order valence-corrected chi connectivity index (χ2v) is 4.85. The lowest BCUT2D eigenvalue weighted by Crippen LogP contribution is -2.29. The second-order valence-electron chi connectivity index (χ2n) is 4.85. The average molecular weight is 256 g/mol.